The maximum atomic E-state index is 15.3. The van der Waals surface area contributed by atoms with Crippen LogP contribution in [-0.4, -0.2) is 0 Å². The number of hydrogen-bond donors (Lipinski definition) is 0. The number of hydrogen-bond acceptors (Lipinski definition) is 4. The van der Waals surface area contributed by atoms with Crippen molar-refractivity contribution in [3.8, 4) is 24.3 Å². The van der Waals surface area contributed by atoms with Crippen LogP contribution in [0.3, 0.4) is 0 Å². The molecule has 0 spiro atoms. The predicted molar refractivity (Wildman–Crippen MR) is 159 cm³/mol. The van der Waals surface area contributed by atoms with Gasteiger partial charge in [0.1, 0.15) is 40.7 Å². The molecule has 0 saturated heterocycles. The van der Waals surface area contributed by atoms with Gasteiger partial charge in [0.2, 0.25) is 0 Å². The van der Waals surface area contributed by atoms with Gasteiger partial charge in [-0.25, -0.2) is 48.3 Å². The minimum Gasteiger partial charge on any atom is -0.215 e. The quantitative estimate of drug-likeness (QED) is 0.126. The van der Waals surface area contributed by atoms with E-state index in [9.17, 15) is 72.9 Å². The van der Waals surface area contributed by atoms with Crippen molar-refractivity contribution >= 4 is 11.1 Å². The van der Waals surface area contributed by atoms with Crippen LogP contribution >= 0.6 is 0 Å². The second kappa shape index (κ2) is 17.0. The molecule has 4 nitrogen and oxygen atoms in total. The van der Waals surface area contributed by atoms with E-state index in [1.54, 1.807) is 0 Å². The standard InChI is InChI=1S/C33H9F17N4.C2H6/c1-9(4-34)23(36)24(37)12(10(2)35)3-11(5-51)16-17(18(16)14(7-53)20-28(41)25(38)15(8-54)26(39)29(20)42)13(6-52)19-21(32(45,46)47)30(43)22(33(48,49)50)31(44)27(19)40;1-2/h4H,3H2,1-2H3;1-2H3/b9-4+,12-10+,16-11+,17-13+,18-14-,24-23-;. The summed E-state index contributed by atoms with van der Waals surface area (Å²) in [5.74, 6) is -26.8. The lowest BCUT2D eigenvalue weighted by atomic mass is 9.93. The van der Waals surface area contributed by atoms with Crippen LogP contribution in [0.15, 0.2) is 57.2 Å². The molecule has 0 N–H and O–H groups in total. The van der Waals surface area contributed by atoms with E-state index >= 15 is 17.6 Å². The molecule has 294 valence electrons. The fourth-order valence-electron chi connectivity index (χ4n) is 4.89. The summed E-state index contributed by atoms with van der Waals surface area (Å²) in [4.78, 5) is 0. The van der Waals surface area contributed by atoms with E-state index in [4.69, 9.17) is 5.26 Å². The first-order chi connectivity index (χ1) is 25.9. The second-order valence-corrected chi connectivity index (χ2v) is 10.5. The fourth-order valence-corrected chi connectivity index (χ4v) is 4.89. The lowest BCUT2D eigenvalue weighted by Gasteiger charge is -2.19. The van der Waals surface area contributed by atoms with E-state index < -0.39 is 156 Å². The molecular weight excluding hydrogens is 799 g/mol. The molecule has 1 fully saturated rings. The van der Waals surface area contributed by atoms with E-state index in [-0.39, 0.29) is 0 Å². The molecule has 2 aromatic rings. The van der Waals surface area contributed by atoms with E-state index in [0.29, 0.717) is 26.0 Å². The topological polar surface area (TPSA) is 95.2 Å². The minimum absolute atomic E-state index is 0.379. The van der Waals surface area contributed by atoms with Crippen molar-refractivity contribution in [2.75, 3.05) is 0 Å². The van der Waals surface area contributed by atoms with E-state index in [2.05, 4.69) is 0 Å². The van der Waals surface area contributed by atoms with Crippen molar-refractivity contribution in [3.63, 3.8) is 0 Å². The van der Waals surface area contributed by atoms with Gasteiger partial charge in [-0.05, 0) is 13.8 Å². The molecule has 0 aliphatic heterocycles. The van der Waals surface area contributed by atoms with Gasteiger partial charge in [-0.1, -0.05) is 13.8 Å². The first kappa shape index (κ1) is 45.8. The first-order valence-electron chi connectivity index (χ1n) is 14.6. The molecule has 56 heavy (non-hydrogen) atoms. The summed E-state index contributed by atoms with van der Waals surface area (Å²) in [6.45, 7) is 4.97. The highest BCUT2D eigenvalue weighted by Crippen LogP contribution is 2.57. The van der Waals surface area contributed by atoms with Crippen molar-refractivity contribution in [2.24, 2.45) is 0 Å². The van der Waals surface area contributed by atoms with Crippen molar-refractivity contribution in [2.45, 2.75) is 46.5 Å². The SMILES string of the molecule is CC.CC(=C\F)/C(F)=C(F)\C(C/C(C#N)=C1/C(=C(/C#N)c2c(F)c(F)c(C(F)(F)F)c(F)c2C(F)(F)F)/C1=C(/C#N)c1c(F)c(F)c(C#N)c(F)c1F)=C(/C)F. The Balaban J connectivity index is 0.00000532. The Morgan fingerprint density at radius 1 is 0.571 bits per heavy atom. The Morgan fingerprint density at radius 3 is 1.36 bits per heavy atom. The third-order valence-corrected chi connectivity index (χ3v) is 7.35. The van der Waals surface area contributed by atoms with Crippen LogP contribution in [0.25, 0.3) is 11.1 Å². The van der Waals surface area contributed by atoms with Gasteiger partial charge in [0.25, 0.3) is 0 Å². The highest BCUT2D eigenvalue weighted by Gasteiger charge is 2.51. The molecule has 1 saturated carbocycles. The molecule has 0 radical (unpaired) electrons. The lowest BCUT2D eigenvalue weighted by Crippen LogP contribution is -2.22. The van der Waals surface area contributed by atoms with Crippen LogP contribution in [0.1, 0.15) is 61.9 Å². The highest BCUT2D eigenvalue weighted by molar-refractivity contribution is 6.07. The summed E-state index contributed by atoms with van der Waals surface area (Å²) in [5, 5.41) is 38.4. The molecule has 0 unspecified atom stereocenters. The van der Waals surface area contributed by atoms with Gasteiger partial charge in [0.05, 0.1) is 29.1 Å². The van der Waals surface area contributed by atoms with Crippen molar-refractivity contribution < 1.29 is 74.6 Å². The van der Waals surface area contributed by atoms with Gasteiger partial charge in [0.15, 0.2) is 52.4 Å². The molecule has 0 bridgehead atoms. The normalized spacial score (nSPS) is 16.6. The van der Waals surface area contributed by atoms with Crippen LogP contribution in [0.4, 0.5) is 74.6 Å². The molecular formula is C35H15F17N4. The van der Waals surface area contributed by atoms with Gasteiger partial charge < -0.3 is 0 Å². The molecule has 0 amide bonds. The number of rotatable bonds is 6. The largest absolute Gasteiger partial charge is 0.422 e. The van der Waals surface area contributed by atoms with Crippen LogP contribution in [0.5, 0.6) is 0 Å². The Labute approximate surface area is 303 Å². The zero-order valence-electron chi connectivity index (χ0n) is 28.0. The Hall–Kier alpha value is -6.35. The summed E-state index contributed by atoms with van der Waals surface area (Å²) in [7, 11) is 0. The number of benzene rings is 2. The summed E-state index contributed by atoms with van der Waals surface area (Å²) >= 11 is 0. The summed E-state index contributed by atoms with van der Waals surface area (Å²) in [6.07, 6.45) is -15.1. The van der Waals surface area contributed by atoms with Crippen LogP contribution in [0.2, 0.25) is 0 Å². The monoisotopic (exact) mass is 814 g/mol. The average molecular weight is 814 g/mol. The number of halogens is 17. The van der Waals surface area contributed by atoms with Gasteiger partial charge in [-0.15, -0.1) is 0 Å². The van der Waals surface area contributed by atoms with Gasteiger partial charge in [-0.3, -0.25) is 0 Å². The zero-order chi connectivity index (χ0) is 43.5. The smallest absolute Gasteiger partial charge is 0.215 e. The van der Waals surface area contributed by atoms with Crippen LogP contribution < -0.4 is 0 Å². The third kappa shape index (κ3) is 8.03. The van der Waals surface area contributed by atoms with Crippen molar-refractivity contribution in [1.82, 2.24) is 0 Å². The Morgan fingerprint density at radius 2 is 1.00 bits per heavy atom. The maximum Gasteiger partial charge on any atom is 0.422 e. The minimum atomic E-state index is -6.48. The highest BCUT2D eigenvalue weighted by atomic mass is 19.4. The molecule has 1 aliphatic rings. The zero-order valence-corrected chi connectivity index (χ0v) is 28.0. The third-order valence-electron chi connectivity index (χ3n) is 7.35. The summed E-state index contributed by atoms with van der Waals surface area (Å²) in [5.41, 5.74) is -26.5. The lowest BCUT2D eigenvalue weighted by molar-refractivity contribution is -0.150. The van der Waals surface area contributed by atoms with Crippen molar-refractivity contribution in [1.29, 1.82) is 21.0 Å². The number of nitriles is 4. The average Bonchev–Trinajstić information content (AvgIpc) is 3.84. The molecule has 0 aromatic heterocycles. The number of nitrogens with zero attached hydrogens (tertiary/aromatic N) is 4. The van der Waals surface area contributed by atoms with Crippen molar-refractivity contribution in [3.05, 3.63) is 126 Å². The maximum absolute atomic E-state index is 15.3. The van der Waals surface area contributed by atoms with E-state index in [0.717, 1.165) is 12.1 Å². The molecule has 3 rings (SSSR count). The fraction of sp³-hybridized carbons (Fsp3) is 0.200. The van der Waals surface area contributed by atoms with E-state index in [1.165, 1.54) is 0 Å². The molecule has 21 heteroatoms. The molecule has 2 aromatic carbocycles. The van der Waals surface area contributed by atoms with Gasteiger partial charge in [-0.2, -0.15) is 47.4 Å². The predicted octanol–water partition coefficient (Wildman–Crippen LogP) is 12.3. The van der Waals surface area contributed by atoms with Crippen LogP contribution in [0, 0.1) is 86.0 Å². The first-order valence-corrected chi connectivity index (χ1v) is 14.6. The Bertz CT molecular complexity index is 2360. The van der Waals surface area contributed by atoms with Gasteiger partial charge >= 0.3 is 12.4 Å². The summed E-state index contributed by atoms with van der Waals surface area (Å²) < 4.78 is 244. The second-order valence-electron chi connectivity index (χ2n) is 10.5. The Kier molecular flexibility index (Phi) is 13.9. The van der Waals surface area contributed by atoms with Crippen LogP contribution in [-0.2, 0) is 12.4 Å². The molecule has 1 aliphatic carbocycles. The number of allylic oxidation sites excluding steroid dienone is 11. The molecule has 0 atom stereocenters. The molecule has 0 heterocycles. The number of alkyl halides is 6. The summed E-state index contributed by atoms with van der Waals surface area (Å²) in [6, 6.07) is 3.39. The van der Waals surface area contributed by atoms with E-state index in [1.807, 2.05) is 13.8 Å². The van der Waals surface area contributed by atoms with Gasteiger partial charge in [0, 0.05) is 45.4 Å².